The number of aromatic nitrogens is 2. The minimum atomic E-state index is -0.385. The van der Waals surface area contributed by atoms with Crippen molar-refractivity contribution in [2.45, 2.75) is 12.5 Å². The molecule has 1 aliphatic rings. The fourth-order valence-electron chi connectivity index (χ4n) is 1.66. The predicted molar refractivity (Wildman–Crippen MR) is 57.4 cm³/mol. The summed E-state index contributed by atoms with van der Waals surface area (Å²) in [5.41, 5.74) is 0.548. The molecule has 0 bridgehead atoms. The van der Waals surface area contributed by atoms with Gasteiger partial charge in [0.2, 0.25) is 0 Å². The summed E-state index contributed by atoms with van der Waals surface area (Å²) in [6, 6.07) is 0. The van der Waals surface area contributed by atoms with E-state index < -0.39 is 0 Å². The highest BCUT2D eigenvalue weighted by molar-refractivity contribution is 9.10. The van der Waals surface area contributed by atoms with Crippen molar-refractivity contribution >= 4 is 21.8 Å². The molecule has 5 nitrogen and oxygen atoms in total. The Balaban J connectivity index is 2.18. The predicted octanol–water partition coefficient (Wildman–Crippen LogP) is 0.389. The monoisotopic (exact) mass is 273 g/mol. The second-order valence-electron chi connectivity index (χ2n) is 3.67. The molecule has 2 rings (SSSR count). The summed E-state index contributed by atoms with van der Waals surface area (Å²) in [6.45, 7) is 1.03. The van der Waals surface area contributed by atoms with E-state index in [0.717, 1.165) is 0 Å². The number of β-amino-alcohol motifs (C(OH)–C–C–N with tert-alkyl or cyclic N) is 1. The van der Waals surface area contributed by atoms with Gasteiger partial charge in [0, 0.05) is 20.1 Å². The fourth-order valence-corrected chi connectivity index (χ4v) is 2.03. The van der Waals surface area contributed by atoms with Crippen LogP contribution in [0.5, 0.6) is 0 Å². The van der Waals surface area contributed by atoms with Crippen molar-refractivity contribution in [1.82, 2.24) is 14.7 Å². The third-order valence-electron chi connectivity index (χ3n) is 2.55. The van der Waals surface area contributed by atoms with Crippen LogP contribution in [0.2, 0.25) is 0 Å². The van der Waals surface area contributed by atoms with Gasteiger partial charge in [0.25, 0.3) is 5.91 Å². The maximum Gasteiger partial charge on any atom is 0.258 e. The van der Waals surface area contributed by atoms with E-state index in [0.29, 0.717) is 29.7 Å². The maximum atomic E-state index is 12.0. The zero-order valence-corrected chi connectivity index (χ0v) is 9.94. The molecule has 0 unspecified atom stereocenters. The van der Waals surface area contributed by atoms with Crippen molar-refractivity contribution in [2.24, 2.45) is 7.05 Å². The van der Waals surface area contributed by atoms with Crippen LogP contribution in [0.1, 0.15) is 16.8 Å². The van der Waals surface area contributed by atoms with E-state index in [1.54, 1.807) is 16.6 Å². The van der Waals surface area contributed by atoms with E-state index in [1.165, 1.54) is 6.20 Å². The summed E-state index contributed by atoms with van der Waals surface area (Å²) in [4.78, 5) is 13.6. The van der Waals surface area contributed by atoms with Gasteiger partial charge in [-0.2, -0.15) is 5.10 Å². The van der Waals surface area contributed by atoms with Crippen LogP contribution in [0.4, 0.5) is 0 Å². The molecule has 1 aromatic rings. The molecule has 0 saturated carbocycles. The highest BCUT2D eigenvalue weighted by Gasteiger charge is 2.27. The van der Waals surface area contributed by atoms with Gasteiger partial charge in [-0.1, -0.05) is 0 Å². The number of aryl methyl sites for hydroxylation is 1. The zero-order chi connectivity index (χ0) is 11.0. The van der Waals surface area contributed by atoms with Crippen molar-refractivity contribution in [3.05, 3.63) is 16.4 Å². The summed E-state index contributed by atoms with van der Waals surface area (Å²) >= 11 is 3.30. The van der Waals surface area contributed by atoms with Gasteiger partial charge in [0.05, 0.1) is 17.9 Å². The third-order valence-corrected chi connectivity index (χ3v) is 3.49. The summed E-state index contributed by atoms with van der Waals surface area (Å²) in [7, 11) is 1.76. The van der Waals surface area contributed by atoms with E-state index >= 15 is 0 Å². The lowest BCUT2D eigenvalue weighted by atomic mass is 10.3. The number of carbonyl (C=O) groups excluding carboxylic acids is 1. The lowest BCUT2D eigenvalue weighted by molar-refractivity contribution is 0.0764. The van der Waals surface area contributed by atoms with E-state index in [4.69, 9.17) is 0 Å². The highest BCUT2D eigenvalue weighted by atomic mass is 79.9. The molecule has 0 radical (unpaired) electrons. The van der Waals surface area contributed by atoms with Crippen LogP contribution < -0.4 is 0 Å². The molecule has 1 aliphatic heterocycles. The quantitative estimate of drug-likeness (QED) is 0.806. The molecule has 6 heteroatoms. The minimum Gasteiger partial charge on any atom is -0.391 e. The van der Waals surface area contributed by atoms with E-state index in [9.17, 15) is 9.90 Å². The molecule has 1 fully saturated rings. The Hall–Kier alpha value is -0.880. The van der Waals surface area contributed by atoms with Gasteiger partial charge in [-0.25, -0.2) is 0 Å². The number of amides is 1. The molecule has 2 heterocycles. The molecular formula is C9H12BrN3O2. The number of hydrogen-bond acceptors (Lipinski definition) is 3. The van der Waals surface area contributed by atoms with Crippen LogP contribution in [0.3, 0.4) is 0 Å². The van der Waals surface area contributed by atoms with Crippen LogP contribution in [0.25, 0.3) is 0 Å². The number of carbonyl (C=O) groups is 1. The summed E-state index contributed by atoms with van der Waals surface area (Å²) in [5.74, 6) is -0.0773. The largest absolute Gasteiger partial charge is 0.391 e. The van der Waals surface area contributed by atoms with E-state index in [2.05, 4.69) is 21.0 Å². The van der Waals surface area contributed by atoms with Gasteiger partial charge in [0.1, 0.15) is 4.60 Å². The van der Waals surface area contributed by atoms with Crippen molar-refractivity contribution in [3.8, 4) is 0 Å². The summed E-state index contributed by atoms with van der Waals surface area (Å²) in [6.07, 6.45) is 1.81. The second-order valence-corrected chi connectivity index (χ2v) is 4.42. The molecular weight excluding hydrogens is 262 g/mol. The Morgan fingerprint density at radius 1 is 1.73 bits per heavy atom. The normalized spacial score (nSPS) is 21.0. The first-order chi connectivity index (χ1) is 7.09. The smallest absolute Gasteiger partial charge is 0.258 e. The van der Waals surface area contributed by atoms with Crippen molar-refractivity contribution < 1.29 is 9.90 Å². The summed E-state index contributed by atoms with van der Waals surface area (Å²) < 4.78 is 2.27. The van der Waals surface area contributed by atoms with Gasteiger partial charge >= 0.3 is 0 Å². The second kappa shape index (κ2) is 3.94. The Labute approximate surface area is 95.8 Å². The molecule has 0 aliphatic carbocycles. The lowest BCUT2D eigenvalue weighted by Crippen LogP contribution is -2.29. The minimum absolute atomic E-state index is 0.0773. The molecule has 1 atom stereocenters. The number of aliphatic hydroxyl groups excluding tert-OH is 1. The molecule has 0 spiro atoms. The average Bonchev–Trinajstić information content (AvgIpc) is 2.75. The fraction of sp³-hybridized carbons (Fsp3) is 0.556. The van der Waals surface area contributed by atoms with Crippen LogP contribution >= 0.6 is 15.9 Å². The topological polar surface area (TPSA) is 58.4 Å². The number of rotatable bonds is 1. The first-order valence-corrected chi connectivity index (χ1v) is 5.53. The Bertz CT molecular complexity index is 391. The molecule has 1 saturated heterocycles. The van der Waals surface area contributed by atoms with Crippen molar-refractivity contribution in [3.63, 3.8) is 0 Å². The molecule has 15 heavy (non-hydrogen) atoms. The molecule has 82 valence electrons. The Morgan fingerprint density at radius 2 is 2.47 bits per heavy atom. The number of aliphatic hydroxyl groups is 1. The Morgan fingerprint density at radius 3 is 2.93 bits per heavy atom. The third kappa shape index (κ3) is 1.91. The number of nitrogens with zero attached hydrogens (tertiary/aromatic N) is 3. The lowest BCUT2D eigenvalue weighted by Gasteiger charge is -2.14. The van der Waals surface area contributed by atoms with E-state index in [-0.39, 0.29) is 12.0 Å². The molecule has 1 amide bonds. The molecule has 0 aromatic carbocycles. The van der Waals surface area contributed by atoms with Gasteiger partial charge in [0.15, 0.2) is 0 Å². The van der Waals surface area contributed by atoms with Gasteiger partial charge < -0.3 is 10.0 Å². The van der Waals surface area contributed by atoms with E-state index in [1.807, 2.05) is 0 Å². The van der Waals surface area contributed by atoms with Crippen LogP contribution in [-0.4, -0.2) is 44.9 Å². The first kappa shape index (κ1) is 10.6. The van der Waals surface area contributed by atoms with Crippen molar-refractivity contribution in [1.29, 1.82) is 0 Å². The average molecular weight is 274 g/mol. The maximum absolute atomic E-state index is 12.0. The molecule has 1 N–H and O–H groups in total. The number of likely N-dealkylation sites (tertiary alicyclic amines) is 1. The highest BCUT2D eigenvalue weighted by Crippen LogP contribution is 2.19. The first-order valence-electron chi connectivity index (χ1n) is 4.74. The Kier molecular flexibility index (Phi) is 2.79. The van der Waals surface area contributed by atoms with Crippen molar-refractivity contribution in [2.75, 3.05) is 13.1 Å². The zero-order valence-electron chi connectivity index (χ0n) is 8.35. The van der Waals surface area contributed by atoms with Crippen LogP contribution in [0.15, 0.2) is 10.8 Å². The van der Waals surface area contributed by atoms with Gasteiger partial charge in [-0.3, -0.25) is 9.48 Å². The summed E-state index contributed by atoms with van der Waals surface area (Å²) in [5, 5.41) is 13.3. The molecule has 1 aromatic heterocycles. The van der Waals surface area contributed by atoms with Crippen LogP contribution in [0, 0.1) is 0 Å². The van der Waals surface area contributed by atoms with Gasteiger partial charge in [-0.15, -0.1) is 0 Å². The van der Waals surface area contributed by atoms with Gasteiger partial charge in [-0.05, 0) is 22.4 Å². The van der Waals surface area contributed by atoms with Crippen LogP contribution in [-0.2, 0) is 7.05 Å². The number of hydrogen-bond donors (Lipinski definition) is 1. The number of halogens is 1. The SMILES string of the molecule is Cn1ncc(C(=O)N2CC[C@@H](O)C2)c1Br. The standard InChI is InChI=1S/C9H12BrN3O2/c1-12-8(10)7(4-11-12)9(15)13-3-2-6(14)5-13/h4,6,14H,2-3,5H2,1H3/t6-/m1/s1.